The molecule has 0 aromatic carbocycles. The van der Waals surface area contributed by atoms with Gasteiger partial charge in [0.25, 0.3) is 5.91 Å². The van der Waals surface area contributed by atoms with Crippen molar-refractivity contribution in [2.45, 2.75) is 17.8 Å². The zero-order chi connectivity index (χ0) is 16.6. The Morgan fingerprint density at radius 3 is 2.79 bits per heavy atom. The standard InChI is InChI=1S/C14H14N2O5S2.K/c17-5-7-6-23-13-10(12(19)16(13)11(7)14(20)21)15-9(18)4-8-2-1-3-22-8;/h1-3,10,13,17H,4-6H2,(H,15,18)(H,20,21);/q;+1/p-1/t10?,13-;/m1./s1. The third kappa shape index (κ3) is 3.80. The first-order valence-electron chi connectivity index (χ1n) is 6.83. The number of thioether (sulfide) groups is 1. The molecule has 1 aromatic heterocycles. The van der Waals surface area contributed by atoms with Crippen molar-refractivity contribution in [1.82, 2.24) is 10.2 Å². The number of carbonyl (C=O) groups excluding carboxylic acids is 3. The summed E-state index contributed by atoms with van der Waals surface area (Å²) in [4.78, 5) is 37.4. The smallest absolute Gasteiger partial charge is 0.543 e. The zero-order valence-corrected chi connectivity index (χ0v) is 17.6. The van der Waals surface area contributed by atoms with Gasteiger partial charge in [-0.25, -0.2) is 0 Å². The van der Waals surface area contributed by atoms with E-state index in [2.05, 4.69) is 5.32 Å². The first-order chi connectivity index (χ1) is 11.0. The van der Waals surface area contributed by atoms with Gasteiger partial charge in [-0.1, -0.05) is 6.07 Å². The Labute approximate surface area is 188 Å². The molecule has 3 rings (SSSR count). The first kappa shape index (κ1) is 20.1. The maximum atomic E-state index is 12.2. The van der Waals surface area contributed by atoms with Crippen LogP contribution in [0.2, 0.25) is 0 Å². The van der Waals surface area contributed by atoms with Crippen LogP contribution in [0.25, 0.3) is 0 Å². The number of β-lactam (4-membered cyclic amide) rings is 1. The topological polar surface area (TPSA) is 110 Å². The molecule has 2 amide bonds. The summed E-state index contributed by atoms with van der Waals surface area (Å²) < 4.78 is 0. The average Bonchev–Trinajstić information content (AvgIpc) is 3.03. The molecule has 0 aliphatic carbocycles. The molecule has 7 nitrogen and oxygen atoms in total. The predicted molar refractivity (Wildman–Crippen MR) is 82.2 cm³/mol. The molecule has 2 aliphatic rings. The fraction of sp³-hybridized carbons (Fsp3) is 0.357. The van der Waals surface area contributed by atoms with Crippen LogP contribution in [0.3, 0.4) is 0 Å². The number of fused-ring (bicyclic) bond motifs is 1. The van der Waals surface area contributed by atoms with E-state index >= 15 is 0 Å². The van der Waals surface area contributed by atoms with Crippen molar-refractivity contribution >= 4 is 40.9 Å². The number of hydrogen-bond acceptors (Lipinski definition) is 7. The second-order valence-electron chi connectivity index (χ2n) is 5.11. The van der Waals surface area contributed by atoms with Gasteiger partial charge < -0.3 is 20.3 Å². The van der Waals surface area contributed by atoms with E-state index in [-0.39, 0.29) is 80.7 Å². The molecule has 122 valence electrons. The van der Waals surface area contributed by atoms with E-state index in [0.717, 1.165) is 9.78 Å². The third-order valence-electron chi connectivity index (χ3n) is 3.66. The van der Waals surface area contributed by atoms with Gasteiger partial charge in [-0.2, -0.15) is 0 Å². The maximum Gasteiger partial charge on any atom is 1.00 e. The second kappa shape index (κ2) is 8.45. The fourth-order valence-corrected chi connectivity index (χ4v) is 4.63. The van der Waals surface area contributed by atoms with Gasteiger partial charge in [-0.3, -0.25) is 14.5 Å². The van der Waals surface area contributed by atoms with Gasteiger partial charge in [0.2, 0.25) is 5.91 Å². The monoisotopic (exact) mass is 392 g/mol. The number of amides is 2. The van der Waals surface area contributed by atoms with Crippen LogP contribution in [0.1, 0.15) is 4.88 Å². The van der Waals surface area contributed by atoms with Gasteiger partial charge in [0, 0.05) is 10.6 Å². The summed E-state index contributed by atoms with van der Waals surface area (Å²) in [5.41, 5.74) is -0.0204. The van der Waals surface area contributed by atoms with Crippen LogP contribution >= 0.6 is 23.1 Å². The molecule has 1 fully saturated rings. The Bertz CT molecular complexity index is 691. The van der Waals surface area contributed by atoms with Crippen molar-refractivity contribution in [2.75, 3.05) is 12.4 Å². The maximum absolute atomic E-state index is 12.2. The number of nitrogens with zero attached hydrogens (tertiary/aromatic N) is 1. The van der Waals surface area contributed by atoms with Gasteiger partial charge >= 0.3 is 51.4 Å². The molecule has 2 atom stereocenters. The minimum Gasteiger partial charge on any atom is -0.543 e. The molecule has 2 aliphatic heterocycles. The fourth-order valence-electron chi connectivity index (χ4n) is 2.59. The third-order valence-corrected chi connectivity index (χ3v) is 5.88. The van der Waals surface area contributed by atoms with E-state index in [9.17, 15) is 24.6 Å². The number of carboxylic acids is 1. The summed E-state index contributed by atoms with van der Waals surface area (Å²) >= 11 is 2.77. The van der Waals surface area contributed by atoms with Crippen LogP contribution in [-0.4, -0.2) is 51.6 Å². The Hall–Kier alpha value is -0.204. The SMILES string of the molecule is O=C(Cc1cccs1)NC1C(=O)N2C(C(=O)[O-])=C(CO)CS[C@H]12.[K+]. The molecule has 1 aromatic rings. The van der Waals surface area contributed by atoms with Crippen molar-refractivity contribution < 1.29 is 76.0 Å². The number of carboxylic acid groups (broad SMARTS) is 1. The van der Waals surface area contributed by atoms with E-state index in [1.165, 1.54) is 23.1 Å². The van der Waals surface area contributed by atoms with Crippen LogP contribution in [-0.2, 0) is 20.8 Å². The van der Waals surface area contributed by atoms with Crippen LogP contribution in [0.15, 0.2) is 28.8 Å². The molecule has 3 heterocycles. The number of aliphatic hydroxyl groups excluding tert-OH is 1. The summed E-state index contributed by atoms with van der Waals surface area (Å²) in [6, 6.07) is 2.93. The number of nitrogens with one attached hydrogen (secondary N) is 1. The van der Waals surface area contributed by atoms with Gasteiger partial charge in [0.15, 0.2) is 0 Å². The molecule has 10 heteroatoms. The van der Waals surface area contributed by atoms with E-state index < -0.39 is 29.9 Å². The molecule has 1 unspecified atom stereocenters. The van der Waals surface area contributed by atoms with Crippen LogP contribution < -0.4 is 61.8 Å². The number of aliphatic hydroxyl groups is 1. The predicted octanol–water partition coefficient (Wildman–Crippen LogP) is -4.31. The summed E-state index contributed by atoms with van der Waals surface area (Å²) in [5.74, 6) is -1.98. The molecule has 0 saturated carbocycles. The molecule has 0 radical (unpaired) electrons. The largest absolute Gasteiger partial charge is 1.00 e. The molecule has 24 heavy (non-hydrogen) atoms. The van der Waals surface area contributed by atoms with E-state index in [1.807, 2.05) is 17.5 Å². The number of carbonyl (C=O) groups is 3. The van der Waals surface area contributed by atoms with E-state index in [1.54, 1.807) is 0 Å². The molecule has 0 spiro atoms. The number of rotatable bonds is 5. The van der Waals surface area contributed by atoms with E-state index in [4.69, 9.17) is 0 Å². The summed E-state index contributed by atoms with van der Waals surface area (Å²) in [6.45, 7) is -0.442. The van der Waals surface area contributed by atoms with Crippen molar-refractivity contribution in [2.24, 2.45) is 0 Å². The summed E-state index contributed by atoms with van der Waals surface area (Å²) in [7, 11) is 0. The number of thiophene rings is 1. The molecule has 1 saturated heterocycles. The average molecular weight is 392 g/mol. The summed E-state index contributed by atoms with van der Waals surface area (Å²) in [6.07, 6.45) is 0.184. The Morgan fingerprint density at radius 2 is 2.21 bits per heavy atom. The minimum atomic E-state index is -1.49. The van der Waals surface area contributed by atoms with Gasteiger partial charge in [-0.05, 0) is 17.0 Å². The van der Waals surface area contributed by atoms with Crippen molar-refractivity contribution in [3.05, 3.63) is 33.7 Å². The van der Waals surface area contributed by atoms with Crippen molar-refractivity contribution in [1.29, 1.82) is 0 Å². The van der Waals surface area contributed by atoms with Crippen LogP contribution in [0.5, 0.6) is 0 Å². The molecular weight excluding hydrogens is 379 g/mol. The second-order valence-corrected chi connectivity index (χ2v) is 7.25. The Morgan fingerprint density at radius 1 is 1.46 bits per heavy atom. The zero-order valence-electron chi connectivity index (χ0n) is 12.9. The van der Waals surface area contributed by atoms with Gasteiger partial charge in [0.05, 0.1) is 24.7 Å². The van der Waals surface area contributed by atoms with Crippen molar-refractivity contribution in [3.8, 4) is 0 Å². The minimum absolute atomic E-state index is 0. The molecule has 0 bridgehead atoms. The van der Waals surface area contributed by atoms with Gasteiger partial charge in [-0.15, -0.1) is 23.1 Å². The normalized spacial score (nSPS) is 22.4. The van der Waals surface area contributed by atoms with E-state index in [0.29, 0.717) is 0 Å². The quantitative estimate of drug-likeness (QED) is 0.388. The Balaban J connectivity index is 0.00000208. The number of aliphatic carboxylic acids is 1. The number of hydrogen-bond donors (Lipinski definition) is 2. The van der Waals surface area contributed by atoms with Crippen LogP contribution in [0.4, 0.5) is 0 Å². The summed E-state index contributed by atoms with van der Waals surface area (Å²) in [5, 5.41) is 24.5. The van der Waals surface area contributed by atoms with Gasteiger partial charge in [0.1, 0.15) is 11.4 Å². The Kier molecular flexibility index (Phi) is 7.08. The molecule has 2 N–H and O–H groups in total. The van der Waals surface area contributed by atoms with Crippen molar-refractivity contribution in [3.63, 3.8) is 0 Å². The molecular formula is C14H13KN2O5S2. The van der Waals surface area contributed by atoms with Crippen LogP contribution in [0, 0.1) is 0 Å². The first-order valence-corrected chi connectivity index (χ1v) is 8.76.